The number of benzene rings is 2. The Morgan fingerprint density at radius 1 is 0.897 bits per heavy atom. The zero-order chi connectivity index (χ0) is 26.4. The third kappa shape index (κ3) is 5.78. The second-order valence-electron chi connectivity index (χ2n) is 10.2. The number of nitrogens with zero attached hydrogens (tertiary/aromatic N) is 5. The summed E-state index contributed by atoms with van der Waals surface area (Å²) in [5.74, 6) is 0.996. The maximum Gasteiger partial charge on any atom is 0.224 e. The van der Waals surface area contributed by atoms with Gasteiger partial charge in [0.05, 0.1) is 5.52 Å². The van der Waals surface area contributed by atoms with Gasteiger partial charge in [0.2, 0.25) is 5.91 Å². The van der Waals surface area contributed by atoms with Crippen LogP contribution in [0.4, 0.5) is 5.69 Å². The number of likely N-dealkylation sites (tertiary alicyclic amines) is 1. The van der Waals surface area contributed by atoms with Gasteiger partial charge in [0.15, 0.2) is 0 Å². The fourth-order valence-corrected chi connectivity index (χ4v) is 5.47. The molecule has 1 saturated heterocycles. The molecule has 7 heteroatoms. The predicted molar refractivity (Wildman–Crippen MR) is 156 cm³/mol. The van der Waals surface area contributed by atoms with Crippen LogP contribution in [0.1, 0.15) is 31.2 Å². The lowest BCUT2D eigenvalue weighted by Gasteiger charge is -2.26. The minimum Gasteiger partial charge on any atom is -0.330 e. The normalized spacial score (nSPS) is 14.1. The molecule has 1 fully saturated rings. The summed E-state index contributed by atoms with van der Waals surface area (Å²) in [5, 5.41) is 4.19. The summed E-state index contributed by atoms with van der Waals surface area (Å²) in [6.07, 6.45) is 14.8. The van der Waals surface area contributed by atoms with Gasteiger partial charge in [0.25, 0.3) is 0 Å². The Hall–Kier alpha value is -4.23. The molecule has 0 radical (unpaired) electrons. The highest BCUT2D eigenvalue weighted by Crippen LogP contribution is 2.32. The molecule has 0 bridgehead atoms. The molecular weight excluding hydrogens is 484 g/mol. The van der Waals surface area contributed by atoms with E-state index in [0.717, 1.165) is 46.9 Å². The Morgan fingerprint density at radius 2 is 1.74 bits per heavy atom. The largest absolute Gasteiger partial charge is 0.330 e. The number of carbonyl (C=O) groups is 1. The number of hydrogen-bond acceptors (Lipinski definition) is 4. The SMILES string of the molecule is O=C(CCc1cccnc1)Nc1ccc(-n2cc(-c3nccn3CCN3CCCCC3)c3ccccc32)cc1. The van der Waals surface area contributed by atoms with Crippen molar-refractivity contribution in [3.63, 3.8) is 0 Å². The minimum absolute atomic E-state index is 0.00306. The number of aromatic nitrogens is 4. The molecule has 1 aliphatic rings. The Morgan fingerprint density at radius 3 is 2.56 bits per heavy atom. The van der Waals surface area contributed by atoms with Gasteiger partial charge in [-0.25, -0.2) is 4.98 Å². The minimum atomic E-state index is -0.00306. The number of piperidine rings is 1. The van der Waals surface area contributed by atoms with E-state index in [-0.39, 0.29) is 5.91 Å². The fraction of sp³-hybridized carbons (Fsp3) is 0.281. The van der Waals surface area contributed by atoms with E-state index in [1.165, 1.54) is 37.7 Å². The molecule has 2 aromatic carbocycles. The molecule has 4 heterocycles. The van der Waals surface area contributed by atoms with Crippen molar-refractivity contribution < 1.29 is 4.79 Å². The smallest absolute Gasteiger partial charge is 0.224 e. The lowest BCUT2D eigenvalue weighted by molar-refractivity contribution is -0.116. The van der Waals surface area contributed by atoms with Gasteiger partial charge in [0, 0.05) is 72.8 Å². The molecular formula is C32H34N6O. The molecule has 6 rings (SSSR count). The van der Waals surface area contributed by atoms with E-state index < -0.39 is 0 Å². The van der Waals surface area contributed by atoms with E-state index in [4.69, 9.17) is 4.98 Å². The Bertz CT molecular complexity index is 1530. The van der Waals surface area contributed by atoms with Crippen LogP contribution in [0.5, 0.6) is 0 Å². The van der Waals surface area contributed by atoms with Gasteiger partial charge >= 0.3 is 0 Å². The number of anilines is 1. The molecule has 1 amide bonds. The summed E-state index contributed by atoms with van der Waals surface area (Å²) in [6, 6.07) is 20.4. The van der Waals surface area contributed by atoms with Crippen molar-refractivity contribution in [1.29, 1.82) is 0 Å². The fourth-order valence-electron chi connectivity index (χ4n) is 5.47. The van der Waals surface area contributed by atoms with Crippen LogP contribution in [0.2, 0.25) is 0 Å². The van der Waals surface area contributed by atoms with Crippen molar-refractivity contribution in [2.45, 2.75) is 38.6 Å². The maximum absolute atomic E-state index is 12.5. The van der Waals surface area contributed by atoms with Crippen LogP contribution in [-0.4, -0.2) is 49.5 Å². The number of imidazole rings is 1. The molecule has 5 aromatic rings. The number of rotatable bonds is 9. The van der Waals surface area contributed by atoms with Crippen molar-refractivity contribution >= 4 is 22.5 Å². The number of carbonyl (C=O) groups excluding carboxylic acids is 1. The first-order valence-corrected chi connectivity index (χ1v) is 13.9. The van der Waals surface area contributed by atoms with Crippen LogP contribution in [0.3, 0.4) is 0 Å². The average molecular weight is 519 g/mol. The topological polar surface area (TPSA) is 68.0 Å². The lowest BCUT2D eigenvalue weighted by atomic mass is 10.1. The lowest BCUT2D eigenvalue weighted by Crippen LogP contribution is -2.32. The highest BCUT2D eigenvalue weighted by Gasteiger charge is 2.17. The number of aryl methyl sites for hydroxylation is 1. The van der Waals surface area contributed by atoms with Crippen LogP contribution in [0.15, 0.2) is 91.6 Å². The van der Waals surface area contributed by atoms with Crippen LogP contribution in [0.25, 0.3) is 28.0 Å². The molecule has 0 aliphatic carbocycles. The van der Waals surface area contributed by atoms with Crippen LogP contribution >= 0.6 is 0 Å². The number of para-hydroxylation sites is 1. The number of fused-ring (bicyclic) bond motifs is 1. The highest BCUT2D eigenvalue weighted by molar-refractivity contribution is 5.96. The van der Waals surface area contributed by atoms with Gasteiger partial charge in [-0.1, -0.05) is 30.7 Å². The maximum atomic E-state index is 12.5. The summed E-state index contributed by atoms with van der Waals surface area (Å²) in [5.41, 5.74) is 5.15. The van der Waals surface area contributed by atoms with Crippen LogP contribution in [0, 0.1) is 0 Å². The average Bonchev–Trinajstić information content (AvgIpc) is 3.61. The first-order valence-electron chi connectivity index (χ1n) is 13.9. The summed E-state index contributed by atoms with van der Waals surface area (Å²) < 4.78 is 4.49. The molecule has 0 unspecified atom stereocenters. The molecule has 198 valence electrons. The molecule has 7 nitrogen and oxygen atoms in total. The first kappa shape index (κ1) is 25.1. The summed E-state index contributed by atoms with van der Waals surface area (Å²) in [6.45, 7) is 4.38. The van der Waals surface area contributed by atoms with E-state index >= 15 is 0 Å². The molecule has 1 N–H and O–H groups in total. The first-order chi connectivity index (χ1) is 19.2. The second kappa shape index (κ2) is 11.7. The molecule has 3 aromatic heterocycles. The van der Waals surface area contributed by atoms with Crippen molar-refractivity contribution in [1.82, 2.24) is 24.0 Å². The molecule has 1 aliphatic heterocycles. The Labute approximate surface area is 229 Å². The zero-order valence-electron chi connectivity index (χ0n) is 22.2. The van der Waals surface area contributed by atoms with E-state index in [0.29, 0.717) is 12.8 Å². The Kier molecular flexibility index (Phi) is 7.50. The molecule has 39 heavy (non-hydrogen) atoms. The van der Waals surface area contributed by atoms with Crippen LogP contribution < -0.4 is 5.32 Å². The molecule has 0 saturated carbocycles. The number of pyridine rings is 1. The predicted octanol–water partition coefficient (Wildman–Crippen LogP) is 5.95. The van der Waals surface area contributed by atoms with Gasteiger partial charge < -0.3 is 19.4 Å². The summed E-state index contributed by atoms with van der Waals surface area (Å²) >= 11 is 0. The van der Waals surface area contributed by atoms with Crippen molar-refractivity contribution in [2.75, 3.05) is 25.0 Å². The number of hydrogen-bond donors (Lipinski definition) is 1. The van der Waals surface area contributed by atoms with Gasteiger partial charge in [-0.3, -0.25) is 9.78 Å². The second-order valence-corrected chi connectivity index (χ2v) is 10.2. The summed E-state index contributed by atoms with van der Waals surface area (Å²) in [7, 11) is 0. The van der Waals surface area contributed by atoms with Gasteiger partial charge in [0.1, 0.15) is 5.82 Å². The number of amides is 1. The van der Waals surface area contributed by atoms with Crippen molar-refractivity contribution in [2.24, 2.45) is 0 Å². The molecule has 0 spiro atoms. The van der Waals surface area contributed by atoms with Gasteiger partial charge in [-0.15, -0.1) is 0 Å². The quantitative estimate of drug-likeness (QED) is 0.262. The monoisotopic (exact) mass is 518 g/mol. The van der Waals surface area contributed by atoms with E-state index in [2.05, 4.69) is 73.1 Å². The third-order valence-electron chi connectivity index (χ3n) is 7.57. The van der Waals surface area contributed by atoms with Gasteiger partial charge in [-0.05, 0) is 74.3 Å². The zero-order valence-corrected chi connectivity index (χ0v) is 22.2. The standard InChI is InChI=1S/C32H34N6O/c39-31(15-10-25-7-6-16-33-23-25)35-26-11-13-27(14-12-26)38-24-29(28-8-2-3-9-30(28)38)32-34-17-20-37(32)22-21-36-18-4-1-5-19-36/h2-3,6-9,11-14,16-17,20,23-24H,1,4-5,10,15,18-19,21-22H2,(H,35,39). The third-order valence-corrected chi connectivity index (χ3v) is 7.57. The van der Waals surface area contributed by atoms with Crippen molar-refractivity contribution in [3.05, 3.63) is 97.2 Å². The Balaban J connectivity index is 1.19. The molecule has 0 atom stereocenters. The summed E-state index contributed by atoms with van der Waals surface area (Å²) in [4.78, 5) is 23.9. The van der Waals surface area contributed by atoms with E-state index in [1.54, 1.807) is 12.4 Å². The van der Waals surface area contributed by atoms with Crippen molar-refractivity contribution in [3.8, 4) is 17.1 Å². The number of nitrogens with one attached hydrogen (secondary N) is 1. The van der Waals surface area contributed by atoms with Gasteiger partial charge in [-0.2, -0.15) is 0 Å². The highest BCUT2D eigenvalue weighted by atomic mass is 16.1. The van der Waals surface area contributed by atoms with Crippen LogP contribution in [-0.2, 0) is 17.8 Å². The van der Waals surface area contributed by atoms with E-state index in [9.17, 15) is 4.79 Å². The van der Waals surface area contributed by atoms with E-state index in [1.807, 2.05) is 30.5 Å².